The van der Waals surface area contributed by atoms with Gasteiger partial charge in [0.1, 0.15) is 23.0 Å². The molecular formula is C76H90N4O8. The topological polar surface area (TPSA) is 123 Å². The summed E-state index contributed by atoms with van der Waals surface area (Å²) in [7, 11) is 0. The molecule has 8 aromatic carbocycles. The average Bonchev–Trinajstić information content (AvgIpc) is 3.67. The van der Waals surface area contributed by atoms with Crippen LogP contribution in [0.25, 0.3) is 11.1 Å². The molecule has 0 spiro atoms. The van der Waals surface area contributed by atoms with Crippen LogP contribution in [0.15, 0.2) is 215 Å². The van der Waals surface area contributed by atoms with Crippen molar-refractivity contribution in [3.8, 4) is 57.1 Å². The van der Waals surface area contributed by atoms with Crippen molar-refractivity contribution in [2.75, 3.05) is 52.9 Å². The van der Waals surface area contributed by atoms with Gasteiger partial charge in [0.05, 0.1) is 75.6 Å². The fourth-order valence-corrected chi connectivity index (χ4v) is 9.63. The fourth-order valence-electron chi connectivity index (χ4n) is 9.63. The van der Waals surface area contributed by atoms with Crippen molar-refractivity contribution in [2.45, 2.75) is 129 Å². The lowest BCUT2D eigenvalue weighted by Gasteiger charge is -2.13. The second kappa shape index (κ2) is 39.2. The van der Waals surface area contributed by atoms with Crippen molar-refractivity contribution in [3.05, 3.63) is 205 Å². The van der Waals surface area contributed by atoms with Crippen LogP contribution >= 0.6 is 0 Å². The standard InChI is InChI=1S/C76H90N4O8/c1-3-61-29-37-65(38-30-61)77-79-67-41-49-71(50-42-67)83-55-19-7-11-23-59-87-75-27-15-13-25-73(75)85-57-21-9-5-17-53-81-69-45-33-63(34-46-69)64-35-47-70(48-36-64)82-54-18-6-10-22-58-86-74-26-14-16-28-76(74)88-60-24-12-8-20-56-84-72-51-43-68(44-52-72)80-78-66-39-31-62(4-2)32-40-66/h13-16,25-52H,3-12,17-24,53-60H2,1-2H3. The molecule has 0 N–H and O–H groups in total. The molecule has 12 heteroatoms. The van der Waals surface area contributed by atoms with E-state index in [0.717, 1.165) is 195 Å². The van der Waals surface area contributed by atoms with Crippen molar-refractivity contribution in [1.82, 2.24) is 0 Å². The van der Waals surface area contributed by atoms with E-state index < -0.39 is 0 Å². The summed E-state index contributed by atoms with van der Waals surface area (Å²) < 4.78 is 48.7. The molecule has 0 saturated heterocycles. The van der Waals surface area contributed by atoms with E-state index in [1.807, 2.05) is 121 Å². The van der Waals surface area contributed by atoms with Crippen LogP contribution in [0.4, 0.5) is 22.7 Å². The first-order chi connectivity index (χ1) is 43.6. The van der Waals surface area contributed by atoms with Crippen LogP contribution in [-0.4, -0.2) is 52.9 Å². The number of aryl methyl sites for hydroxylation is 2. The van der Waals surface area contributed by atoms with E-state index in [0.29, 0.717) is 52.9 Å². The molecule has 8 aromatic rings. The molecule has 0 aliphatic carbocycles. The van der Waals surface area contributed by atoms with E-state index >= 15 is 0 Å². The minimum Gasteiger partial charge on any atom is -0.494 e. The minimum atomic E-state index is 0.659. The molecule has 0 heterocycles. The van der Waals surface area contributed by atoms with Crippen LogP contribution in [-0.2, 0) is 12.8 Å². The maximum atomic E-state index is 6.15. The van der Waals surface area contributed by atoms with Gasteiger partial charge in [0, 0.05) is 0 Å². The van der Waals surface area contributed by atoms with E-state index in [1.165, 1.54) is 11.1 Å². The number of benzene rings is 8. The maximum Gasteiger partial charge on any atom is 0.161 e. The number of rotatable bonds is 43. The zero-order chi connectivity index (χ0) is 60.7. The third-order valence-corrected chi connectivity index (χ3v) is 14.9. The predicted molar refractivity (Wildman–Crippen MR) is 355 cm³/mol. The van der Waals surface area contributed by atoms with Crippen molar-refractivity contribution >= 4 is 22.7 Å². The second-order valence-corrected chi connectivity index (χ2v) is 21.8. The molecule has 0 fully saturated rings. The molecule has 0 amide bonds. The van der Waals surface area contributed by atoms with Crippen LogP contribution in [0.3, 0.4) is 0 Å². The molecule has 8 rings (SSSR count). The zero-order valence-electron chi connectivity index (χ0n) is 51.9. The number of ether oxygens (including phenoxy) is 8. The third-order valence-electron chi connectivity index (χ3n) is 14.9. The average molecular weight is 1190 g/mol. The van der Waals surface area contributed by atoms with Gasteiger partial charge < -0.3 is 37.9 Å². The van der Waals surface area contributed by atoms with Crippen LogP contribution < -0.4 is 37.9 Å². The molecule has 88 heavy (non-hydrogen) atoms. The van der Waals surface area contributed by atoms with Gasteiger partial charge in [-0.15, -0.1) is 0 Å². The monoisotopic (exact) mass is 1190 g/mol. The summed E-state index contributed by atoms with van der Waals surface area (Å²) in [5.41, 5.74) is 8.18. The van der Waals surface area contributed by atoms with Crippen molar-refractivity contribution < 1.29 is 37.9 Å². The Hall–Kier alpha value is -8.64. The minimum absolute atomic E-state index is 0.659. The zero-order valence-corrected chi connectivity index (χ0v) is 51.9. The summed E-state index contributed by atoms with van der Waals surface area (Å²) in [4.78, 5) is 0. The highest BCUT2D eigenvalue weighted by atomic mass is 16.5. The summed E-state index contributed by atoms with van der Waals surface area (Å²) in [6, 6.07) is 64.5. The third kappa shape index (κ3) is 24.6. The van der Waals surface area contributed by atoms with Crippen molar-refractivity contribution in [2.24, 2.45) is 20.5 Å². The van der Waals surface area contributed by atoms with Gasteiger partial charge in [-0.1, -0.05) is 86.6 Å². The molecule has 12 nitrogen and oxygen atoms in total. The highest BCUT2D eigenvalue weighted by Gasteiger charge is 2.08. The van der Waals surface area contributed by atoms with E-state index in [2.05, 4.69) is 107 Å². The molecule has 0 aliphatic heterocycles. The first-order valence-electron chi connectivity index (χ1n) is 32.2. The highest BCUT2D eigenvalue weighted by molar-refractivity contribution is 5.65. The number of azo groups is 2. The Kier molecular flexibility index (Phi) is 29.1. The smallest absolute Gasteiger partial charge is 0.161 e. The van der Waals surface area contributed by atoms with Crippen LogP contribution in [0.1, 0.15) is 128 Å². The number of unbranched alkanes of at least 4 members (excludes halogenated alkanes) is 12. The first kappa shape index (κ1) is 65.3. The number of nitrogens with zero attached hydrogens (tertiary/aromatic N) is 4. The maximum absolute atomic E-state index is 6.15. The van der Waals surface area contributed by atoms with Crippen LogP contribution in [0, 0.1) is 0 Å². The first-order valence-corrected chi connectivity index (χ1v) is 32.2. The molecular weight excluding hydrogens is 1100 g/mol. The summed E-state index contributed by atoms with van der Waals surface area (Å²) in [5, 5.41) is 17.4. The normalized spacial score (nSPS) is 11.2. The van der Waals surface area contributed by atoms with E-state index in [9.17, 15) is 0 Å². The Morgan fingerprint density at radius 3 is 0.648 bits per heavy atom. The quantitative estimate of drug-likeness (QED) is 0.0273. The Morgan fingerprint density at radius 1 is 0.216 bits per heavy atom. The fraction of sp³-hybridized carbons (Fsp3) is 0.368. The molecule has 462 valence electrons. The van der Waals surface area contributed by atoms with Gasteiger partial charge in [-0.2, -0.15) is 20.5 Å². The Labute approximate surface area is 523 Å². The lowest BCUT2D eigenvalue weighted by atomic mass is 10.1. The Balaban J connectivity index is 0.582. The van der Waals surface area contributed by atoms with Crippen molar-refractivity contribution in [1.29, 1.82) is 0 Å². The van der Waals surface area contributed by atoms with Gasteiger partial charge in [-0.25, -0.2) is 0 Å². The Morgan fingerprint density at radius 2 is 0.420 bits per heavy atom. The van der Waals surface area contributed by atoms with Gasteiger partial charge in [0.2, 0.25) is 0 Å². The number of hydrogen-bond donors (Lipinski definition) is 0. The molecule has 0 unspecified atom stereocenters. The summed E-state index contributed by atoms with van der Waals surface area (Å²) in [6.45, 7) is 9.66. The molecule has 0 aliphatic rings. The Bertz CT molecular complexity index is 2990. The molecule has 0 radical (unpaired) electrons. The van der Waals surface area contributed by atoms with Crippen LogP contribution in [0.5, 0.6) is 46.0 Å². The van der Waals surface area contributed by atoms with Crippen LogP contribution in [0.2, 0.25) is 0 Å². The predicted octanol–water partition coefficient (Wildman–Crippen LogP) is 21.4. The molecule has 0 saturated carbocycles. The summed E-state index contributed by atoms with van der Waals surface area (Å²) >= 11 is 0. The highest BCUT2D eigenvalue weighted by Crippen LogP contribution is 2.31. The van der Waals surface area contributed by atoms with Gasteiger partial charge in [-0.05, 0) is 259 Å². The van der Waals surface area contributed by atoms with Gasteiger partial charge in [-0.3, -0.25) is 0 Å². The van der Waals surface area contributed by atoms with Gasteiger partial charge >= 0.3 is 0 Å². The van der Waals surface area contributed by atoms with E-state index in [4.69, 9.17) is 37.9 Å². The number of hydrogen-bond acceptors (Lipinski definition) is 12. The van der Waals surface area contributed by atoms with E-state index in [-0.39, 0.29) is 0 Å². The van der Waals surface area contributed by atoms with Gasteiger partial charge in [0.15, 0.2) is 23.0 Å². The second-order valence-electron chi connectivity index (χ2n) is 21.8. The van der Waals surface area contributed by atoms with Crippen molar-refractivity contribution in [3.63, 3.8) is 0 Å². The number of para-hydroxylation sites is 4. The molecule has 0 aromatic heterocycles. The largest absolute Gasteiger partial charge is 0.494 e. The van der Waals surface area contributed by atoms with Gasteiger partial charge in [0.25, 0.3) is 0 Å². The van der Waals surface area contributed by atoms with E-state index in [1.54, 1.807) is 0 Å². The lowest BCUT2D eigenvalue weighted by Crippen LogP contribution is -2.03. The summed E-state index contributed by atoms with van der Waals surface area (Å²) in [6.07, 6.45) is 18.5. The summed E-state index contributed by atoms with van der Waals surface area (Å²) in [5.74, 6) is 6.70. The SMILES string of the molecule is CCc1ccc(N=Nc2ccc(OCCCCCCOc3ccccc3OCCCCCCOc3ccc(-c4ccc(OCCCCCCOc5ccccc5OCCCCCCOc5ccc(N=Nc6ccc(CC)cc6)cc5)cc4)cc3)cc2)cc1. The lowest BCUT2D eigenvalue weighted by molar-refractivity contribution is 0.254. The molecule has 0 atom stereocenters. The molecule has 0 bridgehead atoms.